The molecule has 0 N–H and O–H groups in total. The third kappa shape index (κ3) is 2.55. The van der Waals surface area contributed by atoms with Crippen LogP contribution in [0.2, 0.25) is 0 Å². The van der Waals surface area contributed by atoms with Crippen molar-refractivity contribution in [2.75, 3.05) is 0 Å². The molecule has 0 radical (unpaired) electrons. The number of hydrogen-bond donors (Lipinski definition) is 0. The molecule has 0 spiro atoms. The lowest BCUT2D eigenvalue weighted by Gasteiger charge is -2.18. The predicted molar refractivity (Wildman–Crippen MR) is 68.9 cm³/mol. The number of esters is 1. The van der Waals surface area contributed by atoms with E-state index in [-0.39, 0.29) is 29.7 Å². The third-order valence-electron chi connectivity index (χ3n) is 4.05. The summed E-state index contributed by atoms with van der Waals surface area (Å²) >= 11 is 0. The molecule has 1 heterocycles. The summed E-state index contributed by atoms with van der Waals surface area (Å²) in [4.78, 5) is 23.5. The Kier molecular flexibility index (Phi) is 3.69. The van der Waals surface area contributed by atoms with Crippen LogP contribution in [0.1, 0.15) is 40.0 Å². The van der Waals surface area contributed by atoms with E-state index in [4.69, 9.17) is 4.74 Å². The highest BCUT2D eigenvalue weighted by atomic mass is 16.6. The summed E-state index contributed by atoms with van der Waals surface area (Å²) in [6, 6.07) is 0. The van der Waals surface area contributed by atoms with E-state index in [0.29, 0.717) is 12.0 Å². The summed E-state index contributed by atoms with van der Waals surface area (Å²) in [7, 11) is 0. The number of carbonyl (C=O) groups is 2. The molecule has 18 heavy (non-hydrogen) atoms. The Morgan fingerprint density at radius 1 is 1.28 bits per heavy atom. The number of ether oxygens (including phenoxy) is 1. The van der Waals surface area contributed by atoms with Gasteiger partial charge in [0, 0.05) is 12.3 Å². The first-order valence-electron chi connectivity index (χ1n) is 6.57. The van der Waals surface area contributed by atoms with Crippen molar-refractivity contribution < 1.29 is 14.3 Å². The van der Waals surface area contributed by atoms with E-state index in [1.807, 2.05) is 26.0 Å². The van der Waals surface area contributed by atoms with Gasteiger partial charge in [0.25, 0.3) is 0 Å². The van der Waals surface area contributed by atoms with Crippen LogP contribution in [0.25, 0.3) is 0 Å². The number of allylic oxidation sites excluding steroid dienone is 3. The Balaban J connectivity index is 2.29. The minimum atomic E-state index is -0.220. The Morgan fingerprint density at radius 3 is 2.72 bits per heavy atom. The van der Waals surface area contributed by atoms with Gasteiger partial charge in [-0.2, -0.15) is 0 Å². The largest absolute Gasteiger partial charge is 0.458 e. The van der Waals surface area contributed by atoms with Crippen LogP contribution < -0.4 is 0 Å². The first kappa shape index (κ1) is 13.1. The predicted octanol–water partition coefficient (Wildman–Crippen LogP) is 2.81. The van der Waals surface area contributed by atoms with Gasteiger partial charge in [-0.3, -0.25) is 9.59 Å². The maximum Gasteiger partial charge on any atom is 0.309 e. The molecule has 3 unspecified atom stereocenters. The molecule has 98 valence electrons. The highest BCUT2D eigenvalue weighted by molar-refractivity contribution is 5.96. The van der Waals surface area contributed by atoms with Crippen LogP contribution in [0.4, 0.5) is 0 Å². The summed E-state index contributed by atoms with van der Waals surface area (Å²) < 4.78 is 5.38. The Morgan fingerprint density at radius 2 is 2.00 bits per heavy atom. The molecule has 3 atom stereocenters. The van der Waals surface area contributed by atoms with E-state index in [9.17, 15) is 9.59 Å². The van der Waals surface area contributed by atoms with E-state index >= 15 is 0 Å². The topological polar surface area (TPSA) is 43.4 Å². The van der Waals surface area contributed by atoms with Gasteiger partial charge in [0.15, 0.2) is 5.78 Å². The fourth-order valence-corrected chi connectivity index (χ4v) is 2.62. The van der Waals surface area contributed by atoms with Crippen molar-refractivity contribution in [3.63, 3.8) is 0 Å². The van der Waals surface area contributed by atoms with Crippen molar-refractivity contribution in [2.45, 2.75) is 46.1 Å². The molecular weight excluding hydrogens is 228 g/mol. The van der Waals surface area contributed by atoms with E-state index < -0.39 is 0 Å². The maximum absolute atomic E-state index is 11.9. The van der Waals surface area contributed by atoms with Crippen LogP contribution >= 0.6 is 0 Å². The number of carbonyl (C=O) groups excluding carboxylic acids is 2. The van der Waals surface area contributed by atoms with Gasteiger partial charge in [-0.1, -0.05) is 18.6 Å². The van der Waals surface area contributed by atoms with Gasteiger partial charge in [-0.05, 0) is 38.3 Å². The van der Waals surface area contributed by atoms with Crippen LogP contribution in [-0.4, -0.2) is 17.9 Å². The summed E-state index contributed by atoms with van der Waals surface area (Å²) in [6.45, 7) is 5.77. The second-order valence-electron chi connectivity index (χ2n) is 5.42. The molecule has 0 bridgehead atoms. The zero-order valence-electron chi connectivity index (χ0n) is 11.2. The van der Waals surface area contributed by atoms with E-state index in [1.54, 1.807) is 6.92 Å². The average molecular weight is 248 g/mol. The number of hydrogen-bond acceptors (Lipinski definition) is 3. The number of ketones is 1. The van der Waals surface area contributed by atoms with Gasteiger partial charge in [0.2, 0.25) is 0 Å². The molecule has 3 heteroatoms. The first-order chi connectivity index (χ1) is 8.49. The maximum atomic E-state index is 11.9. The van der Waals surface area contributed by atoms with Gasteiger partial charge in [0.1, 0.15) is 6.10 Å². The summed E-state index contributed by atoms with van der Waals surface area (Å²) in [6.07, 6.45) is 5.95. The molecule has 2 aliphatic rings. The minimum Gasteiger partial charge on any atom is -0.458 e. The van der Waals surface area contributed by atoms with Crippen LogP contribution in [0.5, 0.6) is 0 Å². The van der Waals surface area contributed by atoms with Crippen molar-refractivity contribution in [1.29, 1.82) is 0 Å². The van der Waals surface area contributed by atoms with Crippen LogP contribution in [0.15, 0.2) is 23.3 Å². The number of rotatable bonds is 0. The quantitative estimate of drug-likeness (QED) is 0.489. The van der Waals surface area contributed by atoms with E-state index in [2.05, 4.69) is 0 Å². The average Bonchev–Trinajstić information content (AvgIpc) is 2.59. The van der Waals surface area contributed by atoms with Gasteiger partial charge < -0.3 is 4.74 Å². The van der Waals surface area contributed by atoms with Crippen molar-refractivity contribution in [3.8, 4) is 0 Å². The van der Waals surface area contributed by atoms with E-state index in [0.717, 1.165) is 12.8 Å². The summed E-state index contributed by atoms with van der Waals surface area (Å²) in [5.41, 5.74) is 1.93. The second kappa shape index (κ2) is 5.09. The van der Waals surface area contributed by atoms with Gasteiger partial charge in [0.05, 0.1) is 5.92 Å². The molecule has 1 aliphatic carbocycles. The second-order valence-corrected chi connectivity index (χ2v) is 5.42. The minimum absolute atomic E-state index is 0.0682. The lowest BCUT2D eigenvalue weighted by molar-refractivity contribution is -0.142. The monoisotopic (exact) mass is 248 g/mol. The molecule has 0 saturated carbocycles. The zero-order valence-corrected chi connectivity index (χ0v) is 11.2. The highest BCUT2D eigenvalue weighted by Gasteiger charge is 2.40. The molecule has 1 fully saturated rings. The smallest absolute Gasteiger partial charge is 0.309 e. The zero-order chi connectivity index (χ0) is 13.3. The Labute approximate surface area is 108 Å². The normalized spacial score (nSPS) is 33.4. The fraction of sp³-hybridized carbons (Fsp3) is 0.600. The van der Waals surface area contributed by atoms with Crippen LogP contribution in [0, 0.1) is 11.8 Å². The van der Waals surface area contributed by atoms with Gasteiger partial charge in [-0.25, -0.2) is 0 Å². The van der Waals surface area contributed by atoms with Crippen molar-refractivity contribution in [2.24, 2.45) is 11.8 Å². The summed E-state index contributed by atoms with van der Waals surface area (Å²) in [5.74, 6) is 0.107. The molecule has 3 nitrogen and oxygen atoms in total. The molecule has 0 aromatic carbocycles. The lowest BCUT2D eigenvalue weighted by Crippen LogP contribution is -2.19. The van der Waals surface area contributed by atoms with Crippen LogP contribution in [0.3, 0.4) is 0 Å². The van der Waals surface area contributed by atoms with Crippen molar-refractivity contribution >= 4 is 11.8 Å². The van der Waals surface area contributed by atoms with Crippen molar-refractivity contribution in [3.05, 3.63) is 23.3 Å². The molecule has 1 aliphatic heterocycles. The van der Waals surface area contributed by atoms with Crippen LogP contribution in [-0.2, 0) is 14.3 Å². The number of Topliss-reactive ketones (excluding diaryl/α,β-unsaturated/α-hetero) is 1. The molecule has 1 saturated heterocycles. The van der Waals surface area contributed by atoms with Gasteiger partial charge in [-0.15, -0.1) is 0 Å². The highest BCUT2D eigenvalue weighted by Crippen LogP contribution is 2.34. The fourth-order valence-electron chi connectivity index (χ4n) is 2.62. The molecule has 0 aromatic heterocycles. The van der Waals surface area contributed by atoms with Crippen molar-refractivity contribution in [1.82, 2.24) is 0 Å². The standard InChI is InChI=1S/C15H20O3/c1-9-4-6-12-11(3)15(17)18-14(12)8-10(2)13(16)7-5-9/h5,8,11-12,14H,4,6-7H2,1-3H3. The lowest BCUT2D eigenvalue weighted by atomic mass is 9.84. The SMILES string of the molecule is CC1=CCC(=O)C(C)=CC2OC(=O)C(C)C2CC1. The molecule has 0 amide bonds. The first-order valence-corrected chi connectivity index (χ1v) is 6.57. The molecular formula is C15H20O3. The molecule has 0 aromatic rings. The van der Waals surface area contributed by atoms with E-state index in [1.165, 1.54) is 5.57 Å². The Bertz CT molecular complexity index is 431. The summed E-state index contributed by atoms with van der Waals surface area (Å²) in [5, 5.41) is 0. The Hall–Kier alpha value is -1.38. The third-order valence-corrected chi connectivity index (χ3v) is 4.05. The number of fused-ring (bicyclic) bond motifs is 1. The molecule has 2 rings (SSSR count). The van der Waals surface area contributed by atoms with Gasteiger partial charge >= 0.3 is 5.97 Å².